The van der Waals surface area contributed by atoms with Gasteiger partial charge in [0.25, 0.3) is 0 Å². The van der Waals surface area contributed by atoms with Crippen molar-refractivity contribution < 1.29 is 4.74 Å². The molecule has 11 heteroatoms. The lowest BCUT2D eigenvalue weighted by Crippen LogP contribution is -2.41. The summed E-state index contributed by atoms with van der Waals surface area (Å²) in [7, 11) is 2.08. The van der Waals surface area contributed by atoms with Crippen molar-refractivity contribution in [3.05, 3.63) is 224 Å². The van der Waals surface area contributed by atoms with Gasteiger partial charge in [-0.1, -0.05) is 140 Å². The minimum Gasteiger partial charge on any atom is -0.475 e. The van der Waals surface area contributed by atoms with Crippen LogP contribution in [0.2, 0.25) is 0 Å². The largest absolute Gasteiger partial charge is 0.475 e. The minimum absolute atomic E-state index is 0.534. The molecule has 7 aromatic carbocycles. The number of hydrogen-bond acceptors (Lipinski definition) is 6. The summed E-state index contributed by atoms with van der Waals surface area (Å²) in [5, 5.41) is 14.0. The molecule has 0 radical (unpaired) electrons. The average molecular weight is 969 g/mol. The number of benzene rings is 7. The smallest absolute Gasteiger partial charge is 0.198 e. The predicted octanol–water partition coefficient (Wildman–Crippen LogP) is 12.4. The van der Waals surface area contributed by atoms with Gasteiger partial charge in [-0.05, 0) is 120 Å². The van der Waals surface area contributed by atoms with E-state index in [-0.39, 0.29) is 0 Å². The van der Waals surface area contributed by atoms with Crippen molar-refractivity contribution in [2.24, 2.45) is 7.05 Å². The third-order valence-electron chi connectivity index (χ3n) is 12.0. The monoisotopic (exact) mass is 966 g/mol. The van der Waals surface area contributed by atoms with Gasteiger partial charge in [-0.3, -0.25) is 0 Å². The molecule has 0 N–H and O–H groups in total. The molecule has 0 amide bonds. The second-order valence-electron chi connectivity index (χ2n) is 16.1. The summed E-state index contributed by atoms with van der Waals surface area (Å²) in [4.78, 5) is 10.3. The third kappa shape index (κ3) is 7.32. The van der Waals surface area contributed by atoms with Gasteiger partial charge < -0.3 is 13.9 Å². The molecular formula is C53H44Br2N8O. The number of rotatable bonds is 13. The van der Waals surface area contributed by atoms with Crippen LogP contribution in [-0.2, 0) is 25.6 Å². The quantitative estimate of drug-likeness (QED) is 0.107. The van der Waals surface area contributed by atoms with Crippen molar-refractivity contribution in [2.75, 3.05) is 0 Å². The fourth-order valence-corrected chi connectivity index (χ4v) is 10.5. The molecule has 0 spiro atoms. The topological polar surface area (TPSA) is 88.5 Å². The Morgan fingerprint density at radius 1 is 0.672 bits per heavy atom. The van der Waals surface area contributed by atoms with Gasteiger partial charge in [0.15, 0.2) is 11.9 Å². The van der Waals surface area contributed by atoms with Crippen molar-refractivity contribution in [3.8, 4) is 17.1 Å². The first-order valence-electron chi connectivity index (χ1n) is 21.4. The number of hydrogen-bond donors (Lipinski definition) is 0. The highest BCUT2D eigenvalue weighted by molar-refractivity contribution is 9.11. The number of aryl methyl sites for hydroxylation is 3. The lowest BCUT2D eigenvalue weighted by Gasteiger charge is -2.37. The van der Waals surface area contributed by atoms with Crippen LogP contribution in [0.5, 0.6) is 5.75 Å². The summed E-state index contributed by atoms with van der Waals surface area (Å²) in [5.41, 5.74) is 10.4. The number of nitrogens with zero attached hydrogens (tertiary/aromatic N) is 8. The lowest BCUT2D eigenvalue weighted by atomic mass is 9.77. The number of ether oxygens (including phenoxy) is 1. The molecule has 0 saturated carbocycles. The zero-order valence-corrected chi connectivity index (χ0v) is 38.8. The van der Waals surface area contributed by atoms with Crippen LogP contribution >= 0.6 is 31.9 Å². The molecule has 64 heavy (non-hydrogen) atoms. The highest BCUT2D eigenvalue weighted by atomic mass is 79.9. The number of aromatic nitrogens is 8. The molecule has 0 aliphatic rings. The van der Waals surface area contributed by atoms with E-state index < -0.39 is 11.6 Å². The Hall–Kier alpha value is -6.69. The summed E-state index contributed by atoms with van der Waals surface area (Å²) in [6.45, 7) is 4.94. The molecular weight excluding hydrogens is 924 g/mol. The highest BCUT2D eigenvalue weighted by Gasteiger charge is 2.43. The van der Waals surface area contributed by atoms with Crippen molar-refractivity contribution in [3.63, 3.8) is 0 Å². The maximum atomic E-state index is 7.20. The normalized spacial score (nSPS) is 12.3. The van der Waals surface area contributed by atoms with E-state index in [9.17, 15) is 0 Å². The Morgan fingerprint density at radius 2 is 1.25 bits per heavy atom. The lowest BCUT2D eigenvalue weighted by molar-refractivity contribution is 0.219. The average Bonchev–Trinajstić information content (AvgIpc) is 4.04. The van der Waals surface area contributed by atoms with Crippen LogP contribution in [0.25, 0.3) is 33.5 Å². The van der Waals surface area contributed by atoms with Crippen LogP contribution in [0.4, 0.5) is 0 Å². The molecule has 9 nitrogen and oxygen atoms in total. The summed E-state index contributed by atoms with van der Waals surface area (Å²) < 4.78 is 15.2. The van der Waals surface area contributed by atoms with Crippen LogP contribution in [0, 0.1) is 6.92 Å². The fraction of sp³-hybridized carbons (Fsp3) is 0.151. The van der Waals surface area contributed by atoms with E-state index in [0.29, 0.717) is 18.1 Å². The Bertz CT molecular complexity index is 3120. The van der Waals surface area contributed by atoms with Crippen LogP contribution in [0.15, 0.2) is 179 Å². The Morgan fingerprint density at radius 3 is 1.84 bits per heavy atom. The number of fused-ring (bicyclic) bond motifs is 2. The molecule has 10 aromatic rings. The fourth-order valence-electron chi connectivity index (χ4n) is 9.08. The molecule has 0 fully saturated rings. The van der Waals surface area contributed by atoms with E-state index in [1.807, 2.05) is 47.1 Å². The Labute approximate surface area is 388 Å². The van der Waals surface area contributed by atoms with Crippen LogP contribution < -0.4 is 4.74 Å². The maximum absolute atomic E-state index is 7.20. The first-order chi connectivity index (χ1) is 31.3. The van der Waals surface area contributed by atoms with Gasteiger partial charge in [0.2, 0.25) is 0 Å². The summed E-state index contributed by atoms with van der Waals surface area (Å²) in [6.07, 6.45) is 1.10. The number of para-hydroxylation sites is 2. The van der Waals surface area contributed by atoms with Crippen molar-refractivity contribution >= 4 is 53.9 Å². The number of tetrazole rings is 1. The first-order valence-corrected chi connectivity index (χ1v) is 23.0. The van der Waals surface area contributed by atoms with Crippen molar-refractivity contribution in [1.29, 1.82) is 0 Å². The molecule has 10 rings (SSSR count). The summed E-state index contributed by atoms with van der Waals surface area (Å²) in [6, 6.07) is 58.3. The van der Waals surface area contributed by atoms with E-state index in [1.54, 1.807) is 0 Å². The molecule has 3 heterocycles. The van der Waals surface area contributed by atoms with Gasteiger partial charge in [0.1, 0.15) is 22.9 Å². The molecule has 0 aliphatic carbocycles. The zero-order chi connectivity index (χ0) is 43.8. The van der Waals surface area contributed by atoms with E-state index in [1.165, 1.54) is 0 Å². The van der Waals surface area contributed by atoms with Gasteiger partial charge >= 0.3 is 0 Å². The van der Waals surface area contributed by atoms with Crippen LogP contribution in [0.1, 0.15) is 64.5 Å². The van der Waals surface area contributed by atoms with Crippen LogP contribution in [-0.4, -0.2) is 39.3 Å². The Balaban J connectivity index is 1.07. The SMILES string of the molecule is CCCc1nc2c(C)cc(-c3nc4ccccc4n3C)cc2n1Cc1cc(Br)c(OC(c2ccccc2)c2nnnn2C(c2ccccc2)(c2ccccc2)c2ccccc2)c(Br)c1. The summed E-state index contributed by atoms with van der Waals surface area (Å²) >= 11 is 7.93. The predicted molar refractivity (Wildman–Crippen MR) is 260 cm³/mol. The minimum atomic E-state index is -0.955. The van der Waals surface area contributed by atoms with Crippen LogP contribution in [0.3, 0.4) is 0 Å². The van der Waals surface area contributed by atoms with Crippen molar-refractivity contribution in [2.45, 2.75) is 44.9 Å². The van der Waals surface area contributed by atoms with Crippen molar-refractivity contribution in [1.82, 2.24) is 39.3 Å². The molecule has 0 saturated heterocycles. The van der Waals surface area contributed by atoms with E-state index in [4.69, 9.17) is 25.0 Å². The van der Waals surface area contributed by atoms with Gasteiger partial charge in [-0.2, -0.15) is 0 Å². The van der Waals surface area contributed by atoms with E-state index >= 15 is 0 Å². The van der Waals surface area contributed by atoms with Gasteiger partial charge in [-0.15, -0.1) is 5.10 Å². The first kappa shape index (κ1) is 41.3. The van der Waals surface area contributed by atoms with Gasteiger partial charge in [0.05, 0.1) is 31.0 Å². The zero-order valence-electron chi connectivity index (χ0n) is 35.6. The molecule has 316 valence electrons. The molecule has 3 aromatic heterocycles. The Kier molecular flexibility index (Phi) is 11.3. The second-order valence-corrected chi connectivity index (χ2v) is 17.8. The molecule has 0 aliphatic heterocycles. The van der Waals surface area contributed by atoms with Gasteiger partial charge in [0, 0.05) is 31.1 Å². The molecule has 0 bridgehead atoms. The van der Waals surface area contributed by atoms with E-state index in [2.05, 4.69) is 194 Å². The number of imidazole rings is 2. The third-order valence-corrected chi connectivity index (χ3v) is 13.2. The highest BCUT2D eigenvalue weighted by Crippen LogP contribution is 2.44. The number of halogens is 2. The standard InChI is InChI=1S/C53H44Br2N8O/c1-4-19-47-57-48-35(2)30-38(51-56-44-28-17-18-29-45(44)61(51)3)33-46(48)62(47)34-36-31-42(54)50(43(55)32-36)64-49(37-20-9-5-10-21-37)52-58-59-60-63(52)53(39-22-11-6-12-23-39,40-24-13-7-14-25-40)41-26-15-8-16-27-41/h5-18,20-33,49H,4,19,34H2,1-3H3. The van der Waals surface area contributed by atoms with Gasteiger partial charge in [-0.25, -0.2) is 14.6 Å². The maximum Gasteiger partial charge on any atom is 0.198 e. The second kappa shape index (κ2) is 17.5. The molecule has 1 atom stereocenters. The van der Waals surface area contributed by atoms with E-state index in [0.717, 1.165) is 94.4 Å². The molecule has 1 unspecified atom stereocenters. The summed E-state index contributed by atoms with van der Waals surface area (Å²) in [5.74, 6) is 3.13.